The van der Waals surface area contributed by atoms with Crippen LogP contribution in [0.1, 0.15) is 27.9 Å². The standard InChI is InChI=1S/C19H24N2O4S/c1-14-11-15(2)13-17(12-14)21-19(22)16-5-7-18(8-6-16)26(23,24)20-9-4-10-25-3/h5-8,11-13,20H,4,9-10H2,1-3H3,(H,21,22). The molecule has 2 aromatic rings. The van der Waals surface area contributed by atoms with Crippen molar-refractivity contribution in [1.82, 2.24) is 4.72 Å². The molecule has 0 aliphatic heterocycles. The normalized spacial score (nSPS) is 11.3. The fourth-order valence-corrected chi connectivity index (χ4v) is 3.62. The van der Waals surface area contributed by atoms with Crippen molar-refractivity contribution in [3.63, 3.8) is 0 Å². The van der Waals surface area contributed by atoms with Crippen molar-refractivity contribution in [2.24, 2.45) is 0 Å². The van der Waals surface area contributed by atoms with E-state index < -0.39 is 10.0 Å². The van der Waals surface area contributed by atoms with Crippen LogP contribution in [-0.4, -0.2) is 34.6 Å². The lowest BCUT2D eigenvalue weighted by Gasteiger charge is -2.09. The second-order valence-corrected chi connectivity index (χ2v) is 7.87. The molecule has 140 valence electrons. The molecule has 2 rings (SSSR count). The smallest absolute Gasteiger partial charge is 0.255 e. The SMILES string of the molecule is COCCCNS(=O)(=O)c1ccc(C(=O)Nc2cc(C)cc(C)c2)cc1. The van der Waals surface area contributed by atoms with E-state index in [2.05, 4.69) is 10.0 Å². The Bertz CT molecular complexity index is 841. The highest BCUT2D eigenvalue weighted by atomic mass is 32.2. The van der Waals surface area contributed by atoms with Crippen molar-refractivity contribution >= 4 is 21.6 Å². The zero-order valence-electron chi connectivity index (χ0n) is 15.2. The first kappa shape index (κ1) is 20.1. The van der Waals surface area contributed by atoms with Gasteiger partial charge in [-0.1, -0.05) is 6.07 Å². The highest BCUT2D eigenvalue weighted by Gasteiger charge is 2.14. The van der Waals surface area contributed by atoms with Gasteiger partial charge >= 0.3 is 0 Å². The largest absolute Gasteiger partial charge is 0.385 e. The summed E-state index contributed by atoms with van der Waals surface area (Å²) in [6.45, 7) is 4.70. The van der Waals surface area contributed by atoms with E-state index in [4.69, 9.17) is 4.74 Å². The van der Waals surface area contributed by atoms with E-state index in [0.29, 0.717) is 30.8 Å². The average molecular weight is 376 g/mol. The van der Waals surface area contributed by atoms with Crippen molar-refractivity contribution in [3.05, 3.63) is 59.2 Å². The van der Waals surface area contributed by atoms with Crippen molar-refractivity contribution < 1.29 is 17.9 Å². The van der Waals surface area contributed by atoms with Gasteiger partial charge in [-0.05, 0) is 67.8 Å². The molecule has 26 heavy (non-hydrogen) atoms. The quantitative estimate of drug-likeness (QED) is 0.694. The van der Waals surface area contributed by atoms with Crippen molar-refractivity contribution in [3.8, 4) is 0 Å². The first-order valence-electron chi connectivity index (χ1n) is 8.30. The van der Waals surface area contributed by atoms with Gasteiger partial charge in [-0.2, -0.15) is 0 Å². The maximum atomic E-state index is 12.4. The zero-order valence-corrected chi connectivity index (χ0v) is 16.0. The molecule has 2 aromatic carbocycles. The number of benzene rings is 2. The molecule has 1 amide bonds. The second-order valence-electron chi connectivity index (χ2n) is 6.10. The summed E-state index contributed by atoms with van der Waals surface area (Å²) in [6.07, 6.45) is 0.589. The molecule has 0 saturated carbocycles. The van der Waals surface area contributed by atoms with Gasteiger partial charge in [0.2, 0.25) is 10.0 Å². The number of rotatable bonds is 8. The summed E-state index contributed by atoms with van der Waals surface area (Å²) in [5, 5.41) is 2.83. The molecule has 0 aromatic heterocycles. The lowest BCUT2D eigenvalue weighted by atomic mass is 10.1. The predicted molar refractivity (Wildman–Crippen MR) is 102 cm³/mol. The number of sulfonamides is 1. The van der Waals surface area contributed by atoms with E-state index in [1.807, 2.05) is 32.0 Å². The van der Waals surface area contributed by atoms with Gasteiger partial charge < -0.3 is 10.1 Å². The molecule has 0 spiro atoms. The third-order valence-electron chi connectivity index (χ3n) is 3.72. The van der Waals surface area contributed by atoms with Crippen LogP contribution in [0.5, 0.6) is 0 Å². The number of carbonyl (C=O) groups is 1. The molecule has 7 heteroatoms. The first-order valence-corrected chi connectivity index (χ1v) is 9.78. The lowest BCUT2D eigenvalue weighted by Crippen LogP contribution is -2.25. The fraction of sp³-hybridized carbons (Fsp3) is 0.316. The summed E-state index contributed by atoms with van der Waals surface area (Å²) < 4.78 is 31.8. The third-order valence-corrected chi connectivity index (χ3v) is 5.20. The van der Waals surface area contributed by atoms with Crippen LogP contribution in [0.15, 0.2) is 47.4 Å². The number of nitrogens with one attached hydrogen (secondary N) is 2. The van der Waals surface area contributed by atoms with Crippen LogP contribution in [0.4, 0.5) is 5.69 Å². The van der Waals surface area contributed by atoms with Gasteiger partial charge in [0.1, 0.15) is 0 Å². The molecule has 0 aliphatic rings. The van der Waals surface area contributed by atoms with Crippen LogP contribution in [0, 0.1) is 13.8 Å². The second kappa shape index (κ2) is 8.93. The van der Waals surface area contributed by atoms with Crippen LogP contribution < -0.4 is 10.0 Å². The van der Waals surface area contributed by atoms with Gasteiger partial charge in [-0.15, -0.1) is 0 Å². The number of hydrogen-bond donors (Lipinski definition) is 2. The Kier molecular flexibility index (Phi) is 6.90. The van der Waals surface area contributed by atoms with E-state index >= 15 is 0 Å². The lowest BCUT2D eigenvalue weighted by molar-refractivity contribution is 0.102. The minimum Gasteiger partial charge on any atom is -0.385 e. The van der Waals surface area contributed by atoms with Gasteiger partial charge in [-0.25, -0.2) is 13.1 Å². The fourth-order valence-electron chi connectivity index (χ4n) is 2.54. The highest BCUT2D eigenvalue weighted by Crippen LogP contribution is 2.16. The number of anilines is 1. The van der Waals surface area contributed by atoms with Crippen LogP contribution >= 0.6 is 0 Å². The van der Waals surface area contributed by atoms with E-state index in [1.165, 1.54) is 24.3 Å². The molecule has 0 atom stereocenters. The van der Waals surface area contributed by atoms with Gasteiger partial charge in [0.05, 0.1) is 4.90 Å². The predicted octanol–water partition coefficient (Wildman–Crippen LogP) is 2.87. The first-order chi connectivity index (χ1) is 12.3. The van der Waals surface area contributed by atoms with Gasteiger partial charge in [0.15, 0.2) is 0 Å². The highest BCUT2D eigenvalue weighted by molar-refractivity contribution is 7.89. The summed E-state index contributed by atoms with van der Waals surface area (Å²) in [5.74, 6) is -0.285. The van der Waals surface area contributed by atoms with Crippen LogP contribution in [0.2, 0.25) is 0 Å². The molecule has 0 unspecified atom stereocenters. The van der Waals surface area contributed by atoms with Crippen LogP contribution in [0.3, 0.4) is 0 Å². The molecule has 0 heterocycles. The maximum absolute atomic E-state index is 12.4. The number of methoxy groups -OCH3 is 1. The maximum Gasteiger partial charge on any atom is 0.255 e. The zero-order chi connectivity index (χ0) is 19.2. The molecule has 0 aliphatic carbocycles. The molecule has 0 saturated heterocycles. The Labute approximate surface area is 154 Å². The van der Waals surface area contributed by atoms with Crippen molar-refractivity contribution in [2.75, 3.05) is 25.6 Å². The summed E-state index contributed by atoms with van der Waals surface area (Å²) in [6, 6.07) is 11.6. The summed E-state index contributed by atoms with van der Waals surface area (Å²) in [7, 11) is -2.02. The Morgan fingerprint density at radius 1 is 1.04 bits per heavy atom. The monoisotopic (exact) mass is 376 g/mol. The van der Waals surface area contributed by atoms with E-state index in [0.717, 1.165) is 11.1 Å². The van der Waals surface area contributed by atoms with Crippen molar-refractivity contribution in [1.29, 1.82) is 0 Å². The molecule has 0 bridgehead atoms. The molecule has 0 radical (unpaired) electrons. The Hall–Kier alpha value is -2.22. The van der Waals surface area contributed by atoms with Crippen LogP contribution in [0.25, 0.3) is 0 Å². The molecule has 6 nitrogen and oxygen atoms in total. The van der Waals surface area contributed by atoms with Gasteiger partial charge in [0.25, 0.3) is 5.91 Å². The number of ether oxygens (including phenoxy) is 1. The number of carbonyl (C=O) groups excluding carboxylic acids is 1. The molecular weight excluding hydrogens is 352 g/mol. The van der Waals surface area contributed by atoms with Gasteiger partial charge in [-0.3, -0.25) is 4.79 Å². The number of amides is 1. The van der Waals surface area contributed by atoms with E-state index in [9.17, 15) is 13.2 Å². The average Bonchev–Trinajstić information content (AvgIpc) is 2.58. The summed E-state index contributed by atoms with van der Waals surface area (Å²) >= 11 is 0. The molecule has 0 fully saturated rings. The van der Waals surface area contributed by atoms with Crippen molar-refractivity contribution in [2.45, 2.75) is 25.2 Å². The minimum absolute atomic E-state index is 0.123. The molecular formula is C19H24N2O4S. The van der Waals surface area contributed by atoms with E-state index in [1.54, 1.807) is 7.11 Å². The Morgan fingerprint density at radius 2 is 1.65 bits per heavy atom. The van der Waals surface area contributed by atoms with Crippen LogP contribution in [-0.2, 0) is 14.8 Å². The minimum atomic E-state index is -3.59. The Morgan fingerprint density at radius 3 is 2.23 bits per heavy atom. The number of hydrogen-bond acceptors (Lipinski definition) is 4. The topological polar surface area (TPSA) is 84.5 Å². The van der Waals surface area contributed by atoms with E-state index in [-0.39, 0.29) is 10.8 Å². The Balaban J connectivity index is 2.05. The number of aryl methyl sites for hydroxylation is 2. The third kappa shape index (κ3) is 5.66. The summed E-state index contributed by atoms with van der Waals surface area (Å²) in [4.78, 5) is 12.5. The summed E-state index contributed by atoms with van der Waals surface area (Å²) in [5.41, 5.74) is 3.22. The molecule has 2 N–H and O–H groups in total. The van der Waals surface area contributed by atoms with Gasteiger partial charge in [0, 0.05) is 31.5 Å².